The van der Waals surface area contributed by atoms with Crippen LogP contribution >= 0.6 is 0 Å². The number of anilines is 2. The molecule has 1 aromatic carbocycles. The third kappa shape index (κ3) is 3.97. The normalized spacial score (nSPS) is 15.4. The van der Waals surface area contributed by atoms with Gasteiger partial charge < -0.3 is 10.2 Å². The molecule has 1 N–H and O–H groups in total. The van der Waals surface area contributed by atoms with E-state index in [1.807, 2.05) is 12.3 Å². The maximum atomic E-state index is 4.68. The minimum absolute atomic E-state index is 0.711. The SMILES string of the molecule is Cc1cccc(CNc2nccc(N3CCCCCC3)n2)c1. The fourth-order valence-corrected chi connectivity index (χ4v) is 2.91. The van der Waals surface area contributed by atoms with E-state index >= 15 is 0 Å². The van der Waals surface area contributed by atoms with E-state index < -0.39 is 0 Å². The van der Waals surface area contributed by atoms with Crippen LogP contribution in [0, 0.1) is 6.92 Å². The first-order chi connectivity index (χ1) is 10.8. The second-order valence-corrected chi connectivity index (χ2v) is 5.98. The second kappa shape index (κ2) is 7.25. The van der Waals surface area contributed by atoms with Gasteiger partial charge in [0.25, 0.3) is 0 Å². The smallest absolute Gasteiger partial charge is 0.224 e. The molecular formula is C18H24N4. The molecule has 4 heteroatoms. The Morgan fingerprint density at radius 3 is 2.68 bits per heavy atom. The lowest BCUT2D eigenvalue weighted by atomic mass is 10.1. The molecule has 116 valence electrons. The molecule has 1 aliphatic rings. The number of rotatable bonds is 4. The Kier molecular flexibility index (Phi) is 4.88. The summed E-state index contributed by atoms with van der Waals surface area (Å²) in [5.74, 6) is 1.76. The van der Waals surface area contributed by atoms with Gasteiger partial charge >= 0.3 is 0 Å². The highest BCUT2D eigenvalue weighted by atomic mass is 15.2. The molecule has 0 amide bonds. The zero-order valence-corrected chi connectivity index (χ0v) is 13.3. The minimum Gasteiger partial charge on any atom is -0.356 e. The van der Waals surface area contributed by atoms with Crippen molar-refractivity contribution >= 4 is 11.8 Å². The molecule has 0 atom stereocenters. The molecule has 22 heavy (non-hydrogen) atoms. The van der Waals surface area contributed by atoms with Crippen LogP contribution in [-0.4, -0.2) is 23.1 Å². The van der Waals surface area contributed by atoms with Crippen LogP contribution < -0.4 is 10.2 Å². The summed E-state index contributed by atoms with van der Waals surface area (Å²) in [4.78, 5) is 11.4. The molecule has 0 unspecified atom stereocenters. The molecule has 0 spiro atoms. The maximum absolute atomic E-state index is 4.68. The van der Waals surface area contributed by atoms with Crippen molar-refractivity contribution in [2.45, 2.75) is 39.2 Å². The molecule has 2 heterocycles. The number of benzene rings is 1. The van der Waals surface area contributed by atoms with Crippen LogP contribution in [0.1, 0.15) is 36.8 Å². The summed E-state index contributed by atoms with van der Waals surface area (Å²) in [6, 6.07) is 10.5. The zero-order valence-electron chi connectivity index (χ0n) is 13.3. The van der Waals surface area contributed by atoms with Gasteiger partial charge in [0.05, 0.1) is 0 Å². The topological polar surface area (TPSA) is 41.1 Å². The van der Waals surface area contributed by atoms with E-state index in [-0.39, 0.29) is 0 Å². The monoisotopic (exact) mass is 296 g/mol. The van der Waals surface area contributed by atoms with E-state index in [0.29, 0.717) is 5.95 Å². The summed E-state index contributed by atoms with van der Waals surface area (Å²) in [6.07, 6.45) is 7.04. The van der Waals surface area contributed by atoms with Gasteiger partial charge in [0, 0.05) is 25.8 Å². The highest BCUT2D eigenvalue weighted by Crippen LogP contribution is 2.18. The van der Waals surface area contributed by atoms with Gasteiger partial charge in [-0.15, -0.1) is 0 Å². The number of nitrogens with zero attached hydrogens (tertiary/aromatic N) is 3. The van der Waals surface area contributed by atoms with Crippen molar-refractivity contribution in [3.63, 3.8) is 0 Å². The summed E-state index contributed by atoms with van der Waals surface area (Å²) in [7, 11) is 0. The molecule has 1 aromatic heterocycles. The Labute approximate surface area is 132 Å². The van der Waals surface area contributed by atoms with E-state index in [1.165, 1.54) is 36.8 Å². The van der Waals surface area contributed by atoms with Gasteiger partial charge in [0.15, 0.2) is 0 Å². The summed E-state index contributed by atoms with van der Waals surface area (Å²) < 4.78 is 0. The van der Waals surface area contributed by atoms with E-state index in [0.717, 1.165) is 25.5 Å². The van der Waals surface area contributed by atoms with Gasteiger partial charge in [-0.05, 0) is 31.4 Å². The third-order valence-corrected chi connectivity index (χ3v) is 4.10. The molecule has 3 rings (SSSR count). The lowest BCUT2D eigenvalue weighted by molar-refractivity contribution is 0.726. The molecule has 2 aromatic rings. The quantitative estimate of drug-likeness (QED) is 0.932. The van der Waals surface area contributed by atoms with Crippen LogP contribution in [0.25, 0.3) is 0 Å². The second-order valence-electron chi connectivity index (χ2n) is 5.98. The predicted octanol–water partition coefficient (Wildman–Crippen LogP) is 3.78. The molecule has 0 aliphatic carbocycles. The van der Waals surface area contributed by atoms with Crippen molar-refractivity contribution in [3.8, 4) is 0 Å². The highest BCUT2D eigenvalue weighted by molar-refractivity contribution is 5.43. The molecule has 0 bridgehead atoms. The molecule has 0 saturated carbocycles. The van der Waals surface area contributed by atoms with Gasteiger partial charge in [-0.3, -0.25) is 0 Å². The first kappa shape index (κ1) is 14.8. The standard InChI is InChI=1S/C18H24N4/c1-15-7-6-8-16(13-15)14-20-18-19-10-9-17(21-18)22-11-4-2-3-5-12-22/h6-10,13H,2-5,11-12,14H2,1H3,(H,19,20,21). The van der Waals surface area contributed by atoms with E-state index in [4.69, 9.17) is 0 Å². The third-order valence-electron chi connectivity index (χ3n) is 4.10. The number of aromatic nitrogens is 2. The van der Waals surface area contributed by atoms with Crippen LogP contribution in [0.15, 0.2) is 36.5 Å². The highest BCUT2D eigenvalue weighted by Gasteiger charge is 2.11. The van der Waals surface area contributed by atoms with Gasteiger partial charge in [-0.2, -0.15) is 4.98 Å². The minimum atomic E-state index is 0.711. The van der Waals surface area contributed by atoms with Crippen molar-refractivity contribution < 1.29 is 0 Å². The van der Waals surface area contributed by atoms with E-state index in [1.54, 1.807) is 0 Å². The van der Waals surface area contributed by atoms with Gasteiger partial charge in [-0.25, -0.2) is 4.98 Å². The molecule has 0 radical (unpaired) electrons. The number of hydrogen-bond acceptors (Lipinski definition) is 4. The molecular weight excluding hydrogens is 272 g/mol. The van der Waals surface area contributed by atoms with Crippen molar-refractivity contribution in [2.24, 2.45) is 0 Å². The lowest BCUT2D eigenvalue weighted by Crippen LogP contribution is -2.25. The largest absolute Gasteiger partial charge is 0.356 e. The number of nitrogens with one attached hydrogen (secondary N) is 1. The molecule has 4 nitrogen and oxygen atoms in total. The zero-order chi connectivity index (χ0) is 15.2. The van der Waals surface area contributed by atoms with E-state index in [9.17, 15) is 0 Å². The van der Waals surface area contributed by atoms with Crippen molar-refractivity contribution in [3.05, 3.63) is 47.7 Å². The van der Waals surface area contributed by atoms with Crippen molar-refractivity contribution in [2.75, 3.05) is 23.3 Å². The summed E-state index contributed by atoms with van der Waals surface area (Å²) in [5.41, 5.74) is 2.53. The lowest BCUT2D eigenvalue weighted by Gasteiger charge is -2.21. The first-order valence-corrected chi connectivity index (χ1v) is 8.19. The predicted molar refractivity (Wildman–Crippen MR) is 91.2 cm³/mol. The van der Waals surface area contributed by atoms with Crippen LogP contribution in [0.4, 0.5) is 11.8 Å². The van der Waals surface area contributed by atoms with Gasteiger partial charge in [-0.1, -0.05) is 42.7 Å². The average Bonchev–Trinajstić information content (AvgIpc) is 2.83. The Morgan fingerprint density at radius 1 is 1.09 bits per heavy atom. The molecule has 1 saturated heterocycles. The molecule has 1 fully saturated rings. The average molecular weight is 296 g/mol. The fraction of sp³-hybridized carbons (Fsp3) is 0.444. The van der Waals surface area contributed by atoms with Crippen LogP contribution in [-0.2, 0) is 6.54 Å². The molecule has 1 aliphatic heterocycles. The van der Waals surface area contributed by atoms with E-state index in [2.05, 4.69) is 51.4 Å². The Bertz CT molecular complexity index is 604. The number of hydrogen-bond donors (Lipinski definition) is 1. The first-order valence-electron chi connectivity index (χ1n) is 8.19. The van der Waals surface area contributed by atoms with Crippen LogP contribution in [0.5, 0.6) is 0 Å². The Morgan fingerprint density at radius 2 is 1.91 bits per heavy atom. The summed E-state index contributed by atoms with van der Waals surface area (Å²) in [5, 5.41) is 3.33. The maximum Gasteiger partial charge on any atom is 0.224 e. The Balaban J connectivity index is 1.65. The summed E-state index contributed by atoms with van der Waals surface area (Å²) >= 11 is 0. The van der Waals surface area contributed by atoms with Gasteiger partial charge in [0.2, 0.25) is 5.95 Å². The van der Waals surface area contributed by atoms with Crippen molar-refractivity contribution in [1.82, 2.24) is 9.97 Å². The summed E-state index contributed by atoms with van der Waals surface area (Å²) in [6.45, 7) is 5.08. The Hall–Kier alpha value is -2.10. The number of aryl methyl sites for hydroxylation is 1. The van der Waals surface area contributed by atoms with Crippen molar-refractivity contribution in [1.29, 1.82) is 0 Å². The van der Waals surface area contributed by atoms with Gasteiger partial charge in [0.1, 0.15) is 5.82 Å². The fourth-order valence-electron chi connectivity index (χ4n) is 2.91. The van der Waals surface area contributed by atoms with Crippen LogP contribution in [0.3, 0.4) is 0 Å². The van der Waals surface area contributed by atoms with Crippen LogP contribution in [0.2, 0.25) is 0 Å².